The highest BCUT2D eigenvalue weighted by Crippen LogP contribution is 2.07. The second-order valence-electron chi connectivity index (χ2n) is 1.82. The Kier molecular flexibility index (Phi) is 4.32. The van der Waals surface area contributed by atoms with Crippen molar-refractivity contribution in [3.8, 4) is 0 Å². The second kappa shape index (κ2) is 4.18. The standard InChI is InChI=1S/C5H13NOS/c1-4(6)5(3-7)8-2/h4-5,7H,3,6H2,1-2H3/t4-,5+/m1/s1. The van der Waals surface area contributed by atoms with Crippen LogP contribution in [0.3, 0.4) is 0 Å². The first-order valence-electron chi connectivity index (χ1n) is 2.61. The highest BCUT2D eigenvalue weighted by molar-refractivity contribution is 7.99. The monoisotopic (exact) mass is 135 g/mol. The minimum atomic E-state index is 0.0926. The Morgan fingerprint density at radius 1 is 1.75 bits per heavy atom. The molecule has 8 heavy (non-hydrogen) atoms. The summed E-state index contributed by atoms with van der Waals surface area (Å²) in [6.07, 6.45) is 1.95. The smallest absolute Gasteiger partial charge is 0.0564 e. The summed E-state index contributed by atoms with van der Waals surface area (Å²) in [6, 6.07) is 0.0926. The average Bonchev–Trinajstić information content (AvgIpc) is 1.69. The Bertz CT molecular complexity index is 54.4. The maximum absolute atomic E-state index is 8.60. The molecule has 0 saturated heterocycles. The molecule has 0 aliphatic carbocycles. The zero-order valence-electron chi connectivity index (χ0n) is 5.29. The van der Waals surface area contributed by atoms with Crippen LogP contribution in [0.2, 0.25) is 0 Å². The van der Waals surface area contributed by atoms with Gasteiger partial charge in [0.1, 0.15) is 0 Å². The van der Waals surface area contributed by atoms with Crippen molar-refractivity contribution in [2.75, 3.05) is 12.9 Å². The van der Waals surface area contributed by atoms with Crippen molar-refractivity contribution < 1.29 is 5.11 Å². The van der Waals surface area contributed by atoms with Crippen LogP contribution >= 0.6 is 11.8 Å². The highest BCUT2D eigenvalue weighted by atomic mass is 32.2. The number of hydrogen-bond donors (Lipinski definition) is 2. The maximum atomic E-state index is 8.60. The van der Waals surface area contributed by atoms with Gasteiger partial charge in [-0.1, -0.05) is 0 Å². The van der Waals surface area contributed by atoms with Gasteiger partial charge in [-0.05, 0) is 13.2 Å². The Morgan fingerprint density at radius 3 is 2.25 bits per heavy atom. The van der Waals surface area contributed by atoms with Gasteiger partial charge < -0.3 is 10.8 Å². The van der Waals surface area contributed by atoms with Crippen molar-refractivity contribution in [3.63, 3.8) is 0 Å². The van der Waals surface area contributed by atoms with Crippen LogP contribution in [0.25, 0.3) is 0 Å². The Balaban J connectivity index is 3.35. The fourth-order valence-electron chi connectivity index (χ4n) is 0.455. The molecule has 0 radical (unpaired) electrons. The summed E-state index contributed by atoms with van der Waals surface area (Å²) in [6.45, 7) is 2.08. The summed E-state index contributed by atoms with van der Waals surface area (Å²) < 4.78 is 0. The van der Waals surface area contributed by atoms with E-state index < -0.39 is 0 Å². The van der Waals surface area contributed by atoms with Crippen molar-refractivity contribution in [1.82, 2.24) is 0 Å². The van der Waals surface area contributed by atoms with Gasteiger partial charge in [0, 0.05) is 11.3 Å². The summed E-state index contributed by atoms with van der Waals surface area (Å²) >= 11 is 1.60. The van der Waals surface area contributed by atoms with Crippen LogP contribution in [0.5, 0.6) is 0 Å². The lowest BCUT2D eigenvalue weighted by Gasteiger charge is -2.13. The molecule has 0 bridgehead atoms. The second-order valence-corrected chi connectivity index (χ2v) is 2.89. The van der Waals surface area contributed by atoms with E-state index in [1.54, 1.807) is 11.8 Å². The third-order valence-corrected chi connectivity index (χ3v) is 2.25. The fourth-order valence-corrected chi connectivity index (χ4v) is 1.03. The van der Waals surface area contributed by atoms with Crippen LogP contribution in [0.15, 0.2) is 0 Å². The van der Waals surface area contributed by atoms with E-state index in [0.717, 1.165) is 0 Å². The van der Waals surface area contributed by atoms with E-state index in [1.165, 1.54) is 0 Å². The van der Waals surface area contributed by atoms with E-state index >= 15 is 0 Å². The van der Waals surface area contributed by atoms with Gasteiger partial charge in [-0.25, -0.2) is 0 Å². The number of aliphatic hydroxyl groups excluding tert-OH is 1. The van der Waals surface area contributed by atoms with E-state index in [9.17, 15) is 0 Å². The Hall–Kier alpha value is 0.270. The zero-order chi connectivity index (χ0) is 6.57. The van der Waals surface area contributed by atoms with Crippen molar-refractivity contribution in [2.45, 2.75) is 18.2 Å². The van der Waals surface area contributed by atoms with Gasteiger partial charge in [0.15, 0.2) is 0 Å². The molecule has 0 heterocycles. The van der Waals surface area contributed by atoms with Crippen LogP contribution in [-0.2, 0) is 0 Å². The minimum Gasteiger partial charge on any atom is -0.395 e. The molecular formula is C5H13NOS. The molecule has 3 heteroatoms. The largest absolute Gasteiger partial charge is 0.395 e. The first-order valence-corrected chi connectivity index (χ1v) is 3.90. The molecule has 0 amide bonds. The van der Waals surface area contributed by atoms with Crippen LogP contribution < -0.4 is 5.73 Å². The van der Waals surface area contributed by atoms with Crippen LogP contribution in [0.4, 0.5) is 0 Å². The summed E-state index contributed by atoms with van der Waals surface area (Å²) in [7, 11) is 0. The lowest BCUT2D eigenvalue weighted by molar-refractivity contribution is 0.285. The van der Waals surface area contributed by atoms with Gasteiger partial charge >= 0.3 is 0 Å². The van der Waals surface area contributed by atoms with Gasteiger partial charge in [0.05, 0.1) is 6.61 Å². The van der Waals surface area contributed by atoms with Gasteiger partial charge in [-0.3, -0.25) is 0 Å². The number of thioether (sulfide) groups is 1. The summed E-state index contributed by atoms with van der Waals surface area (Å²) in [5.74, 6) is 0. The summed E-state index contributed by atoms with van der Waals surface area (Å²) in [4.78, 5) is 0. The molecule has 2 nitrogen and oxygen atoms in total. The maximum Gasteiger partial charge on any atom is 0.0564 e. The first-order chi connectivity index (χ1) is 3.72. The zero-order valence-corrected chi connectivity index (χ0v) is 6.11. The predicted molar refractivity (Wildman–Crippen MR) is 38.0 cm³/mol. The lowest BCUT2D eigenvalue weighted by atomic mass is 10.3. The molecule has 0 aromatic carbocycles. The van der Waals surface area contributed by atoms with Crippen LogP contribution in [-0.4, -0.2) is 29.3 Å². The number of rotatable bonds is 3. The number of aliphatic hydroxyl groups is 1. The van der Waals surface area contributed by atoms with Crippen molar-refractivity contribution in [2.24, 2.45) is 5.73 Å². The summed E-state index contributed by atoms with van der Waals surface area (Å²) in [5, 5.41) is 8.80. The number of hydrogen-bond acceptors (Lipinski definition) is 3. The molecule has 0 rings (SSSR count). The van der Waals surface area contributed by atoms with Gasteiger partial charge in [0.25, 0.3) is 0 Å². The predicted octanol–water partition coefficient (Wildman–Crippen LogP) is 0.0575. The molecule has 0 aliphatic rings. The molecule has 2 atom stereocenters. The van der Waals surface area contributed by atoms with E-state index in [2.05, 4.69) is 0 Å². The summed E-state index contributed by atoms with van der Waals surface area (Å²) in [5.41, 5.74) is 5.48. The third kappa shape index (κ3) is 2.55. The normalized spacial score (nSPS) is 18.0. The van der Waals surface area contributed by atoms with Gasteiger partial charge in [-0.15, -0.1) is 0 Å². The van der Waals surface area contributed by atoms with E-state index in [4.69, 9.17) is 10.8 Å². The lowest BCUT2D eigenvalue weighted by Crippen LogP contribution is -2.31. The molecule has 0 saturated carbocycles. The molecular weight excluding hydrogens is 122 g/mol. The molecule has 50 valence electrons. The highest BCUT2D eigenvalue weighted by Gasteiger charge is 2.08. The first kappa shape index (κ1) is 8.27. The van der Waals surface area contributed by atoms with E-state index in [1.807, 2.05) is 13.2 Å². The molecule has 0 aliphatic heterocycles. The molecule has 0 unspecified atom stereocenters. The van der Waals surface area contributed by atoms with E-state index in [0.29, 0.717) is 0 Å². The number of nitrogens with two attached hydrogens (primary N) is 1. The van der Waals surface area contributed by atoms with Crippen LogP contribution in [0.1, 0.15) is 6.92 Å². The van der Waals surface area contributed by atoms with Crippen molar-refractivity contribution >= 4 is 11.8 Å². The molecule has 0 fully saturated rings. The van der Waals surface area contributed by atoms with E-state index in [-0.39, 0.29) is 17.9 Å². The average molecular weight is 135 g/mol. The SMILES string of the molecule is CS[C@@H](CO)[C@@H](C)N. The topological polar surface area (TPSA) is 46.2 Å². The molecule has 0 aromatic rings. The molecule has 0 aromatic heterocycles. The molecule has 0 spiro atoms. The van der Waals surface area contributed by atoms with Crippen molar-refractivity contribution in [3.05, 3.63) is 0 Å². The van der Waals surface area contributed by atoms with Gasteiger partial charge in [-0.2, -0.15) is 11.8 Å². The third-order valence-electron chi connectivity index (χ3n) is 1.07. The van der Waals surface area contributed by atoms with Gasteiger partial charge in [0.2, 0.25) is 0 Å². The van der Waals surface area contributed by atoms with Crippen molar-refractivity contribution in [1.29, 1.82) is 0 Å². The minimum absolute atomic E-state index is 0.0926. The fraction of sp³-hybridized carbons (Fsp3) is 1.00. The Labute approximate surface area is 54.5 Å². The quantitative estimate of drug-likeness (QED) is 0.575. The van der Waals surface area contributed by atoms with Crippen LogP contribution in [0, 0.1) is 0 Å². The Morgan fingerprint density at radius 2 is 2.25 bits per heavy atom. The molecule has 3 N–H and O–H groups in total.